The normalized spacial score (nSPS) is 16.0. The molecule has 2 heterocycles. The van der Waals surface area contributed by atoms with Gasteiger partial charge in [0.2, 0.25) is 5.91 Å². The van der Waals surface area contributed by atoms with Gasteiger partial charge in [0, 0.05) is 13.1 Å². The van der Waals surface area contributed by atoms with Gasteiger partial charge in [-0.05, 0) is 76.6 Å². The van der Waals surface area contributed by atoms with Crippen molar-refractivity contribution < 1.29 is 23.9 Å². The van der Waals surface area contributed by atoms with Crippen molar-refractivity contribution in [3.05, 3.63) is 58.9 Å². The van der Waals surface area contributed by atoms with Crippen LogP contribution < -0.4 is 20.9 Å². The molecule has 4 rings (SSSR count). The maximum Gasteiger partial charge on any atom is 0.415 e. The molecule has 230 valence electrons. The molecule has 0 saturated carbocycles. The largest absolute Gasteiger partial charge is 0.444 e. The van der Waals surface area contributed by atoms with E-state index in [-0.39, 0.29) is 35.7 Å². The topological polar surface area (TPSA) is 143 Å². The van der Waals surface area contributed by atoms with Crippen LogP contribution in [0.2, 0.25) is 0 Å². The Kier molecular flexibility index (Phi) is 10.1. The minimum atomic E-state index is -0.776. The second kappa shape index (κ2) is 13.7. The fraction of sp³-hybridized carbons (Fsp3) is 0.469. The molecule has 1 fully saturated rings. The number of benzene rings is 2. The maximum atomic E-state index is 13.5. The second-order valence-corrected chi connectivity index (χ2v) is 12.2. The Labute approximate surface area is 251 Å². The van der Waals surface area contributed by atoms with E-state index in [1.165, 1.54) is 0 Å². The van der Waals surface area contributed by atoms with Crippen LogP contribution in [0.25, 0.3) is 22.3 Å². The quantitative estimate of drug-likeness (QED) is 0.335. The molecule has 3 N–H and O–H groups in total. The zero-order valence-electron chi connectivity index (χ0n) is 25.4. The van der Waals surface area contributed by atoms with Gasteiger partial charge in [0.1, 0.15) is 23.2 Å². The van der Waals surface area contributed by atoms with Crippen molar-refractivity contribution in [3.63, 3.8) is 0 Å². The van der Waals surface area contributed by atoms with Gasteiger partial charge in [0.15, 0.2) is 0 Å². The van der Waals surface area contributed by atoms with Gasteiger partial charge in [-0.25, -0.2) is 14.6 Å². The van der Waals surface area contributed by atoms with Crippen LogP contribution in [0.5, 0.6) is 5.75 Å². The molecule has 1 aliphatic rings. The first-order valence-corrected chi connectivity index (χ1v) is 14.8. The highest BCUT2D eigenvalue weighted by molar-refractivity contribution is 5.86. The third kappa shape index (κ3) is 8.56. The highest BCUT2D eigenvalue weighted by Gasteiger charge is 2.31. The molecule has 0 aliphatic carbocycles. The van der Waals surface area contributed by atoms with Crippen molar-refractivity contribution in [2.75, 3.05) is 13.1 Å². The summed E-state index contributed by atoms with van der Waals surface area (Å²) in [5, 5.41) is 6.08. The molecule has 2 aromatic carbocycles. The summed E-state index contributed by atoms with van der Waals surface area (Å²) in [6.45, 7) is 9.90. The van der Waals surface area contributed by atoms with Gasteiger partial charge in [0.05, 0.1) is 22.5 Å². The average Bonchev–Trinajstić information content (AvgIpc) is 2.94. The number of piperidine rings is 1. The Bertz CT molecular complexity index is 1510. The van der Waals surface area contributed by atoms with E-state index in [9.17, 15) is 19.2 Å². The van der Waals surface area contributed by atoms with Crippen LogP contribution >= 0.6 is 0 Å². The van der Waals surface area contributed by atoms with Gasteiger partial charge in [-0.15, -0.1) is 0 Å². The fourth-order valence-electron chi connectivity index (χ4n) is 5.07. The number of ether oxygens (including phenoxy) is 2. The number of aromatic nitrogens is 2. The van der Waals surface area contributed by atoms with E-state index in [0.717, 1.165) is 12.8 Å². The molecular weight excluding hydrogens is 550 g/mol. The number of likely N-dealkylation sites (tertiary alicyclic amines) is 1. The molecule has 0 radical (unpaired) electrons. The summed E-state index contributed by atoms with van der Waals surface area (Å²) in [4.78, 5) is 60.7. The molecule has 1 saturated heterocycles. The first-order chi connectivity index (χ1) is 20.4. The molecule has 1 aromatic heterocycles. The summed E-state index contributed by atoms with van der Waals surface area (Å²) in [5.74, 6) is 0.371. The lowest BCUT2D eigenvalue weighted by molar-refractivity contribution is -0.123. The lowest BCUT2D eigenvalue weighted by Crippen LogP contribution is -2.54. The van der Waals surface area contributed by atoms with Gasteiger partial charge in [0.25, 0.3) is 5.56 Å². The van der Waals surface area contributed by atoms with Crippen LogP contribution in [0.1, 0.15) is 60.3 Å². The van der Waals surface area contributed by atoms with Crippen molar-refractivity contribution in [1.29, 1.82) is 0 Å². The first-order valence-electron chi connectivity index (χ1n) is 14.8. The highest BCUT2D eigenvalue weighted by atomic mass is 16.6. The molecule has 0 bridgehead atoms. The monoisotopic (exact) mass is 591 g/mol. The molecule has 11 heteroatoms. The second-order valence-electron chi connectivity index (χ2n) is 12.2. The molecule has 1 aliphatic heterocycles. The van der Waals surface area contributed by atoms with Gasteiger partial charge >= 0.3 is 12.2 Å². The number of alkyl carbamates (subject to hydrolysis) is 1. The van der Waals surface area contributed by atoms with E-state index in [0.29, 0.717) is 41.7 Å². The summed E-state index contributed by atoms with van der Waals surface area (Å²) >= 11 is 0. The standard InChI is InChI=1S/C32H41N5O6/c1-20(2)18-25(35-30(40)43-32(3,4)5)29(39)33-19-21-12-10-11-17-37(21)31(41)42-26-16-9-7-14-23(26)27-34-24-15-8-6-13-22(24)28(38)36-27/h6-9,13-16,20-21,25H,10-12,17-19H2,1-5H3,(H,33,39)(H,35,40)(H,34,36,38)/t21?,25-/m0/s1. The summed E-state index contributed by atoms with van der Waals surface area (Å²) in [7, 11) is 0. The molecule has 1 unspecified atom stereocenters. The van der Waals surface area contributed by atoms with Gasteiger partial charge in [-0.1, -0.05) is 38.1 Å². The zero-order chi connectivity index (χ0) is 31.1. The van der Waals surface area contributed by atoms with Crippen LogP contribution in [-0.4, -0.2) is 63.7 Å². The smallest absolute Gasteiger partial charge is 0.415 e. The van der Waals surface area contributed by atoms with Crippen LogP contribution in [0, 0.1) is 5.92 Å². The van der Waals surface area contributed by atoms with Crippen LogP contribution in [0.15, 0.2) is 53.3 Å². The van der Waals surface area contributed by atoms with E-state index >= 15 is 0 Å². The third-order valence-electron chi connectivity index (χ3n) is 7.04. The van der Waals surface area contributed by atoms with E-state index in [4.69, 9.17) is 9.47 Å². The minimum absolute atomic E-state index is 0.152. The fourth-order valence-corrected chi connectivity index (χ4v) is 5.07. The Morgan fingerprint density at radius 1 is 1.07 bits per heavy atom. The summed E-state index contributed by atoms with van der Waals surface area (Å²) in [5.41, 5.74) is 0.0337. The van der Waals surface area contributed by atoms with Crippen LogP contribution in [0.3, 0.4) is 0 Å². The van der Waals surface area contributed by atoms with E-state index in [2.05, 4.69) is 20.6 Å². The van der Waals surface area contributed by atoms with Crippen molar-refractivity contribution in [2.45, 2.75) is 78.0 Å². The van der Waals surface area contributed by atoms with Crippen molar-refractivity contribution in [2.24, 2.45) is 5.92 Å². The number of nitrogens with one attached hydrogen (secondary N) is 3. The molecular formula is C32H41N5O6. The molecule has 43 heavy (non-hydrogen) atoms. The van der Waals surface area contributed by atoms with Crippen LogP contribution in [-0.2, 0) is 9.53 Å². The summed E-state index contributed by atoms with van der Waals surface area (Å²) < 4.78 is 11.2. The number of aromatic amines is 1. The first kappa shape index (κ1) is 31.5. The summed E-state index contributed by atoms with van der Waals surface area (Å²) in [6.07, 6.45) is 1.61. The minimum Gasteiger partial charge on any atom is -0.444 e. The lowest BCUT2D eigenvalue weighted by Gasteiger charge is -2.35. The predicted molar refractivity (Wildman–Crippen MR) is 164 cm³/mol. The number of hydrogen-bond donors (Lipinski definition) is 3. The van der Waals surface area contributed by atoms with Crippen LogP contribution in [0.4, 0.5) is 9.59 Å². The maximum absolute atomic E-state index is 13.5. The molecule has 2 atom stereocenters. The Morgan fingerprint density at radius 3 is 2.53 bits per heavy atom. The number of para-hydroxylation sites is 2. The van der Waals surface area contributed by atoms with E-state index < -0.39 is 23.8 Å². The third-order valence-corrected chi connectivity index (χ3v) is 7.04. The number of nitrogens with zero attached hydrogens (tertiary/aromatic N) is 2. The lowest BCUT2D eigenvalue weighted by atomic mass is 10.0. The van der Waals surface area contributed by atoms with E-state index in [1.807, 2.05) is 13.8 Å². The van der Waals surface area contributed by atoms with E-state index in [1.54, 1.807) is 74.2 Å². The number of hydrogen-bond acceptors (Lipinski definition) is 7. The van der Waals surface area contributed by atoms with Crippen molar-refractivity contribution in [3.8, 4) is 17.1 Å². The summed E-state index contributed by atoms with van der Waals surface area (Å²) in [6, 6.07) is 12.9. The Morgan fingerprint density at radius 2 is 1.79 bits per heavy atom. The molecule has 0 spiro atoms. The SMILES string of the molecule is CC(C)C[C@H](NC(=O)OC(C)(C)C)C(=O)NCC1CCCCN1C(=O)Oc1ccccc1-c1nc2ccccc2c(=O)[nH]1. The Balaban J connectivity index is 1.46. The van der Waals surface area contributed by atoms with Crippen molar-refractivity contribution in [1.82, 2.24) is 25.5 Å². The number of carbonyl (C=O) groups excluding carboxylic acids is 3. The average molecular weight is 592 g/mol. The number of carbonyl (C=O) groups is 3. The number of fused-ring (bicyclic) bond motifs is 1. The van der Waals surface area contributed by atoms with Gasteiger partial charge in [-0.2, -0.15) is 0 Å². The van der Waals surface area contributed by atoms with Crippen molar-refractivity contribution >= 4 is 29.0 Å². The molecule has 11 nitrogen and oxygen atoms in total. The molecule has 3 aromatic rings. The van der Waals surface area contributed by atoms with Gasteiger partial charge < -0.3 is 30.0 Å². The Hall–Kier alpha value is -4.41. The number of rotatable bonds is 8. The number of H-pyrrole nitrogens is 1. The highest BCUT2D eigenvalue weighted by Crippen LogP contribution is 2.29. The molecule has 3 amide bonds. The van der Waals surface area contributed by atoms with Gasteiger partial charge in [-0.3, -0.25) is 9.59 Å². The number of amides is 3. The zero-order valence-corrected chi connectivity index (χ0v) is 25.4. The predicted octanol–water partition coefficient (Wildman–Crippen LogP) is 5.00.